The number of nitrogens with zero attached hydrogens (tertiary/aromatic N) is 4. The zero-order valence-corrected chi connectivity index (χ0v) is 34.3. The summed E-state index contributed by atoms with van der Waals surface area (Å²) in [7, 11) is 0. The molecule has 7 amide bonds. The number of rotatable bonds is 24. The zero-order chi connectivity index (χ0) is 45.3. The first-order chi connectivity index (χ1) is 28.2. The molecule has 332 valence electrons. The summed E-state index contributed by atoms with van der Waals surface area (Å²) in [4.78, 5) is 119. The van der Waals surface area contributed by atoms with E-state index in [9.17, 15) is 53.8 Å². The fourth-order valence-corrected chi connectivity index (χ4v) is 6.47. The van der Waals surface area contributed by atoms with Crippen LogP contribution in [0.4, 0.5) is 5.69 Å². The van der Waals surface area contributed by atoms with Crippen LogP contribution in [0.1, 0.15) is 66.7 Å². The van der Waals surface area contributed by atoms with E-state index >= 15 is 0 Å². The summed E-state index contributed by atoms with van der Waals surface area (Å²) >= 11 is 0. The minimum Gasteiger partial charge on any atom is -0.370 e. The third-order valence-electron chi connectivity index (χ3n) is 9.80. The van der Waals surface area contributed by atoms with Crippen molar-refractivity contribution in [3.8, 4) is 0 Å². The van der Waals surface area contributed by atoms with Crippen LogP contribution in [0.2, 0.25) is 0 Å². The molecule has 0 spiro atoms. The number of primary amides is 1. The highest BCUT2D eigenvalue weighted by molar-refractivity contribution is 5.97. The Morgan fingerprint density at radius 3 is 1.98 bits per heavy atom. The number of nitrogens with one attached hydrogen (secondary N) is 6. The second kappa shape index (κ2) is 23.1. The van der Waals surface area contributed by atoms with Crippen LogP contribution in [0.25, 0.3) is 0 Å². The molecule has 1 aliphatic heterocycles. The molecule has 1 heterocycles. The Hall–Kier alpha value is -6.62. The molecule has 0 bridgehead atoms. The number of para-hydroxylation sites is 1. The number of anilines is 1. The molecule has 1 aromatic rings. The lowest BCUT2D eigenvalue weighted by Crippen LogP contribution is -2.69. The highest BCUT2D eigenvalue weighted by atomic mass is 16.7. The monoisotopic (exact) mass is 847 g/mol. The highest BCUT2D eigenvalue weighted by Crippen LogP contribution is 2.37. The number of nitrogens with two attached hydrogens (primary N) is 3. The van der Waals surface area contributed by atoms with Crippen LogP contribution >= 0.6 is 0 Å². The van der Waals surface area contributed by atoms with Crippen molar-refractivity contribution in [1.29, 1.82) is 0 Å². The van der Waals surface area contributed by atoms with E-state index < -0.39 is 106 Å². The van der Waals surface area contributed by atoms with Crippen LogP contribution in [0.5, 0.6) is 0 Å². The lowest BCUT2D eigenvalue weighted by molar-refractivity contribution is -0.632. The first kappa shape index (κ1) is 49.5. The molecule has 2 rings (SSSR count). The van der Waals surface area contributed by atoms with Gasteiger partial charge in [-0.2, -0.15) is 0 Å². The van der Waals surface area contributed by atoms with Gasteiger partial charge in [0.1, 0.15) is 24.2 Å². The molecule has 1 aliphatic rings. The molecule has 24 nitrogen and oxygen atoms in total. The molecule has 0 saturated carbocycles. The Morgan fingerprint density at radius 1 is 0.850 bits per heavy atom. The van der Waals surface area contributed by atoms with Gasteiger partial charge >= 0.3 is 17.6 Å². The summed E-state index contributed by atoms with van der Waals surface area (Å²) in [6.45, 7) is 6.89. The van der Waals surface area contributed by atoms with E-state index in [0.717, 1.165) is 4.90 Å². The molecule has 12 N–H and O–H groups in total. The Kier molecular flexibility index (Phi) is 19.1. The van der Waals surface area contributed by atoms with Gasteiger partial charge in [-0.15, -0.1) is 0 Å². The maximum Gasteiger partial charge on any atom is 0.440 e. The van der Waals surface area contributed by atoms with Gasteiger partial charge in [-0.3, -0.25) is 63.7 Å². The Bertz CT molecular complexity index is 1760. The average Bonchev–Trinajstić information content (AvgIpc) is 3.61. The minimum atomic E-state index is -2.90. The number of carbonyl (C=O) groups excluding carboxylic acids is 7. The van der Waals surface area contributed by atoms with E-state index in [1.165, 1.54) is 19.1 Å². The predicted molar refractivity (Wildman–Crippen MR) is 216 cm³/mol. The van der Waals surface area contributed by atoms with E-state index in [-0.39, 0.29) is 49.9 Å². The van der Waals surface area contributed by atoms with Crippen LogP contribution < -0.4 is 54.0 Å². The first-order valence-corrected chi connectivity index (χ1v) is 19.4. The fraction of sp³-hybridized carbons (Fsp3) is 0.611. The van der Waals surface area contributed by atoms with Crippen LogP contribution in [-0.2, 0) is 33.6 Å². The van der Waals surface area contributed by atoms with E-state index in [2.05, 4.69) is 36.9 Å². The molecule has 0 aromatic heterocycles. The molecule has 7 atom stereocenters. The standard InChI is InChI=1S/C36H57N13O11/c1-6-21(4)29(33(55)43-22(5)31(53)41-18-27(50)44-24(30(37)52)13-10-15-40-35(38)39)46-28(51)19-42-32(54)25(17-20(2)3)45-34(56)36(49(59)60)26(48(57)58)14-16-47(36)23-11-8-7-9-12-23/h7-9,11-12,20-22,24-26,29H,6,10,13-19H2,1-5H3,(H2,37,52)(H,41,53)(H,42,54)(H,43,55)(H,44,50)(H,45,56)(H,46,51)(H4,38,39,40)/t21-,22-,24-,25-,26?,29-,36+/m0/s1. The number of guanidine groups is 1. The molecule has 1 saturated heterocycles. The number of hydrogen-bond acceptors (Lipinski definition) is 13. The molecule has 1 aromatic carbocycles. The van der Waals surface area contributed by atoms with Crippen molar-refractivity contribution in [2.75, 3.05) is 31.1 Å². The van der Waals surface area contributed by atoms with Crippen molar-refractivity contribution in [2.45, 2.75) is 103 Å². The lowest BCUT2D eigenvalue weighted by atomic mass is 9.97. The second-order valence-corrected chi connectivity index (χ2v) is 14.8. The van der Waals surface area contributed by atoms with E-state index in [0.29, 0.717) is 12.8 Å². The summed E-state index contributed by atoms with van der Waals surface area (Å²) in [5, 5.41) is 39.3. The molecule has 1 fully saturated rings. The van der Waals surface area contributed by atoms with Crippen molar-refractivity contribution in [3.05, 3.63) is 50.6 Å². The Balaban J connectivity index is 2.09. The highest BCUT2D eigenvalue weighted by Gasteiger charge is 2.72. The van der Waals surface area contributed by atoms with E-state index in [4.69, 9.17) is 17.2 Å². The molecular formula is C36H57N13O11. The zero-order valence-electron chi connectivity index (χ0n) is 34.3. The number of amides is 7. The summed E-state index contributed by atoms with van der Waals surface area (Å²) in [6, 6.07) is 0.814. The van der Waals surface area contributed by atoms with Crippen LogP contribution in [0.15, 0.2) is 35.3 Å². The largest absolute Gasteiger partial charge is 0.440 e. The third kappa shape index (κ3) is 13.8. The van der Waals surface area contributed by atoms with Gasteiger partial charge in [0.05, 0.1) is 18.0 Å². The summed E-state index contributed by atoms with van der Waals surface area (Å²) in [5.74, 6) is -7.10. The number of aliphatic imine (C=N–C) groups is 1. The third-order valence-corrected chi connectivity index (χ3v) is 9.80. The molecular weight excluding hydrogens is 790 g/mol. The number of carbonyl (C=O) groups is 7. The fourth-order valence-electron chi connectivity index (χ4n) is 6.47. The van der Waals surface area contributed by atoms with E-state index in [1.54, 1.807) is 45.9 Å². The maximum absolute atomic E-state index is 13.9. The van der Waals surface area contributed by atoms with Crippen molar-refractivity contribution >= 4 is 53.0 Å². The summed E-state index contributed by atoms with van der Waals surface area (Å²) in [5.41, 5.74) is 13.2. The molecule has 60 heavy (non-hydrogen) atoms. The normalized spacial score (nSPS) is 18.4. The predicted octanol–water partition coefficient (Wildman–Crippen LogP) is -2.66. The molecule has 0 radical (unpaired) electrons. The number of hydrogen-bond donors (Lipinski definition) is 9. The van der Waals surface area contributed by atoms with Crippen molar-refractivity contribution in [1.82, 2.24) is 31.9 Å². The lowest BCUT2D eigenvalue weighted by Gasteiger charge is -2.32. The number of benzene rings is 1. The van der Waals surface area contributed by atoms with Crippen LogP contribution in [0.3, 0.4) is 0 Å². The van der Waals surface area contributed by atoms with Gasteiger partial charge in [0.25, 0.3) is 0 Å². The van der Waals surface area contributed by atoms with Gasteiger partial charge in [0.2, 0.25) is 35.4 Å². The molecule has 1 unspecified atom stereocenters. The van der Waals surface area contributed by atoms with E-state index in [1.807, 2.05) is 0 Å². The number of nitro groups is 2. The van der Waals surface area contributed by atoms with Gasteiger partial charge in [0.15, 0.2) is 5.96 Å². The van der Waals surface area contributed by atoms with Crippen molar-refractivity contribution < 1.29 is 43.4 Å². The van der Waals surface area contributed by atoms with Crippen molar-refractivity contribution in [3.63, 3.8) is 0 Å². The molecule has 0 aliphatic carbocycles. The summed E-state index contributed by atoms with van der Waals surface area (Å²) in [6.07, 6.45) is 0.461. The summed E-state index contributed by atoms with van der Waals surface area (Å²) < 4.78 is 0. The van der Waals surface area contributed by atoms with Gasteiger partial charge in [0, 0.05) is 30.1 Å². The average molecular weight is 848 g/mol. The minimum absolute atomic E-state index is 0.0621. The second-order valence-electron chi connectivity index (χ2n) is 14.8. The maximum atomic E-state index is 13.9. The van der Waals surface area contributed by atoms with Gasteiger partial charge in [-0.25, -0.2) is 0 Å². The Morgan fingerprint density at radius 2 is 1.45 bits per heavy atom. The van der Waals surface area contributed by atoms with Gasteiger partial charge in [-0.1, -0.05) is 52.3 Å². The van der Waals surface area contributed by atoms with Gasteiger partial charge in [-0.05, 0) is 50.2 Å². The topological polar surface area (TPSA) is 372 Å². The molecule has 24 heteroatoms. The smallest absolute Gasteiger partial charge is 0.370 e. The first-order valence-electron chi connectivity index (χ1n) is 19.4. The quantitative estimate of drug-likeness (QED) is 0.0169. The van der Waals surface area contributed by atoms with Gasteiger partial charge < -0.3 is 49.1 Å². The van der Waals surface area contributed by atoms with Crippen LogP contribution in [0, 0.1) is 32.1 Å². The SMILES string of the molecule is CC[C@H](C)[C@H](NC(=O)CNC(=O)[C@H](CC(C)C)NC(=O)[C@]1([N+](=O)[O-])C([N+](=O)[O-])CCN1c1ccccc1)C(=O)N[C@@H](C)C(=O)NCC(=O)N[C@@H](CCCN=C(N)N)C(N)=O. The van der Waals surface area contributed by atoms with Crippen molar-refractivity contribution in [2.24, 2.45) is 34.0 Å². The Labute approximate surface area is 346 Å². The van der Waals surface area contributed by atoms with Crippen LogP contribution in [-0.4, -0.2) is 119 Å².